The Kier molecular flexibility index (Phi) is 6.55. The molecule has 0 aromatic heterocycles. The maximum atomic E-state index is 13.1. The van der Waals surface area contributed by atoms with Gasteiger partial charge in [0.2, 0.25) is 15.9 Å². The van der Waals surface area contributed by atoms with Crippen LogP contribution in [0.5, 0.6) is 0 Å². The monoisotopic (exact) mass is 458 g/mol. The molecule has 1 N–H and O–H groups in total. The number of carbonyl (C=O) groups is 1. The molecule has 1 aromatic carbocycles. The van der Waals surface area contributed by atoms with E-state index in [0.717, 1.165) is 4.31 Å². The second kappa shape index (κ2) is 7.88. The van der Waals surface area contributed by atoms with Crippen molar-refractivity contribution in [1.29, 1.82) is 0 Å². The third kappa shape index (κ3) is 3.59. The Morgan fingerprint density at radius 1 is 1.46 bits per heavy atom. The van der Waals surface area contributed by atoms with Crippen LogP contribution in [-0.2, 0) is 24.9 Å². The van der Waals surface area contributed by atoms with Crippen molar-refractivity contribution >= 4 is 55.1 Å². The normalized spacial score (nSPS) is 21.9. The molecule has 6 nitrogen and oxygen atoms in total. The van der Waals surface area contributed by atoms with E-state index in [1.807, 2.05) is 0 Å². The zero-order chi connectivity index (χ0) is 18.1. The van der Waals surface area contributed by atoms with Gasteiger partial charge >= 0.3 is 0 Å². The van der Waals surface area contributed by atoms with Gasteiger partial charge in [-0.15, -0.1) is 0 Å². The summed E-state index contributed by atoms with van der Waals surface area (Å²) in [6.07, 6.45) is -0.0740. The van der Waals surface area contributed by atoms with E-state index in [-0.39, 0.29) is 34.9 Å². The standard InChI is InChI=1S/C14H17BrCl2N2O4S/c1-18-14(20)11-5-8(23-2)7-19(11)24(21,22)12-4-3-10(16)9(6-15)13(12)17/h3-4,8,11H,5-7H2,1-2H3,(H,18,20)/t8-,11-/m0/s1. The van der Waals surface area contributed by atoms with E-state index in [0.29, 0.717) is 15.9 Å². The van der Waals surface area contributed by atoms with Gasteiger partial charge in [-0.1, -0.05) is 39.1 Å². The number of nitrogens with one attached hydrogen (secondary N) is 1. The van der Waals surface area contributed by atoms with Gasteiger partial charge in [-0.05, 0) is 12.1 Å². The molecule has 1 amide bonds. The fourth-order valence-electron chi connectivity index (χ4n) is 2.63. The number of hydrogen-bond acceptors (Lipinski definition) is 4. The molecule has 0 aliphatic carbocycles. The minimum Gasteiger partial charge on any atom is -0.380 e. The molecule has 1 aromatic rings. The van der Waals surface area contributed by atoms with Gasteiger partial charge in [-0.3, -0.25) is 4.79 Å². The number of halogens is 3. The number of ether oxygens (including phenoxy) is 1. The highest BCUT2D eigenvalue weighted by Crippen LogP contribution is 2.36. The van der Waals surface area contributed by atoms with Crippen LogP contribution in [0.2, 0.25) is 10.0 Å². The van der Waals surface area contributed by atoms with E-state index in [1.54, 1.807) is 0 Å². The molecule has 1 aliphatic heterocycles. The number of likely N-dealkylation sites (N-methyl/N-ethyl adjacent to an activating group) is 1. The van der Waals surface area contributed by atoms with Crippen LogP contribution in [0, 0.1) is 0 Å². The lowest BCUT2D eigenvalue weighted by atomic mass is 10.2. The van der Waals surface area contributed by atoms with Gasteiger partial charge in [0, 0.05) is 43.0 Å². The smallest absolute Gasteiger partial charge is 0.245 e. The number of carbonyl (C=O) groups excluding carboxylic acids is 1. The highest BCUT2D eigenvalue weighted by atomic mass is 79.9. The van der Waals surface area contributed by atoms with Crippen molar-refractivity contribution < 1.29 is 17.9 Å². The summed E-state index contributed by atoms with van der Waals surface area (Å²) >= 11 is 15.6. The van der Waals surface area contributed by atoms with Crippen molar-refractivity contribution in [2.75, 3.05) is 20.7 Å². The van der Waals surface area contributed by atoms with Crippen molar-refractivity contribution in [2.45, 2.75) is 28.8 Å². The molecule has 10 heteroatoms. The number of alkyl halides is 1. The van der Waals surface area contributed by atoms with Crippen molar-refractivity contribution in [2.24, 2.45) is 0 Å². The molecule has 0 bridgehead atoms. The molecule has 0 spiro atoms. The summed E-state index contributed by atoms with van der Waals surface area (Å²) in [5.74, 6) is -0.385. The Morgan fingerprint density at radius 3 is 2.67 bits per heavy atom. The first-order chi connectivity index (χ1) is 11.3. The Labute approximate surface area is 159 Å². The largest absolute Gasteiger partial charge is 0.380 e. The second-order valence-corrected chi connectivity index (χ2v) is 8.47. The van der Waals surface area contributed by atoms with Crippen molar-refractivity contribution in [3.63, 3.8) is 0 Å². The number of nitrogens with zero attached hydrogens (tertiary/aromatic N) is 1. The highest BCUT2D eigenvalue weighted by Gasteiger charge is 2.44. The first-order valence-corrected chi connectivity index (χ1v) is 10.4. The lowest BCUT2D eigenvalue weighted by Gasteiger charge is -2.23. The lowest BCUT2D eigenvalue weighted by molar-refractivity contribution is -0.123. The summed E-state index contributed by atoms with van der Waals surface area (Å²) in [7, 11) is -1.04. The molecule has 0 saturated carbocycles. The molecule has 1 aliphatic rings. The molecule has 2 atom stereocenters. The maximum absolute atomic E-state index is 13.1. The molecule has 134 valence electrons. The SMILES string of the molecule is CNC(=O)[C@@H]1C[C@H](OC)CN1S(=O)(=O)c1ccc(Cl)c(CBr)c1Cl. The molecule has 0 unspecified atom stereocenters. The van der Waals surface area contributed by atoms with Gasteiger partial charge in [0.25, 0.3) is 0 Å². The molecule has 1 fully saturated rings. The van der Waals surface area contributed by atoms with Crippen LogP contribution in [0.15, 0.2) is 17.0 Å². The summed E-state index contributed by atoms with van der Waals surface area (Å²) in [6, 6.07) is 1.99. The van der Waals surface area contributed by atoms with Crippen molar-refractivity contribution in [3.8, 4) is 0 Å². The van der Waals surface area contributed by atoms with Crippen molar-refractivity contribution in [3.05, 3.63) is 27.7 Å². The third-order valence-corrected chi connectivity index (χ3v) is 7.35. The average molecular weight is 460 g/mol. The van der Waals surface area contributed by atoms with Crippen LogP contribution in [0.3, 0.4) is 0 Å². The molecule has 1 saturated heterocycles. The second-order valence-electron chi connectivity index (χ2n) is 5.27. The topological polar surface area (TPSA) is 75.7 Å². The summed E-state index contributed by atoms with van der Waals surface area (Å²) in [4.78, 5) is 12.0. The summed E-state index contributed by atoms with van der Waals surface area (Å²) < 4.78 is 32.5. The van der Waals surface area contributed by atoms with E-state index in [2.05, 4.69) is 21.2 Å². The molecule has 24 heavy (non-hydrogen) atoms. The number of sulfonamides is 1. The Bertz CT molecular complexity index is 745. The van der Waals surface area contributed by atoms with Gasteiger partial charge in [0.1, 0.15) is 10.9 Å². The predicted molar refractivity (Wildman–Crippen MR) is 96.3 cm³/mol. The number of amides is 1. The Hall–Kier alpha value is -0.380. The minimum atomic E-state index is -3.98. The zero-order valence-electron chi connectivity index (χ0n) is 13.1. The number of hydrogen-bond donors (Lipinski definition) is 1. The van der Waals surface area contributed by atoms with Gasteiger partial charge < -0.3 is 10.1 Å². The van der Waals surface area contributed by atoms with Gasteiger partial charge in [0.05, 0.1) is 11.1 Å². The number of benzene rings is 1. The molecule has 1 heterocycles. The highest BCUT2D eigenvalue weighted by molar-refractivity contribution is 9.08. The van der Waals surface area contributed by atoms with Crippen molar-refractivity contribution in [1.82, 2.24) is 9.62 Å². The lowest BCUT2D eigenvalue weighted by Crippen LogP contribution is -2.44. The molecular weight excluding hydrogens is 443 g/mol. The average Bonchev–Trinajstić information content (AvgIpc) is 2.99. The fourth-order valence-corrected chi connectivity index (χ4v) is 6.06. The van der Waals surface area contributed by atoms with Gasteiger partial charge in [-0.25, -0.2) is 8.42 Å². The summed E-state index contributed by atoms with van der Waals surface area (Å²) in [6.45, 7) is 0.0829. The van der Waals surface area contributed by atoms with E-state index >= 15 is 0 Å². The van der Waals surface area contributed by atoms with Crippen LogP contribution in [-0.4, -0.2) is 51.5 Å². The summed E-state index contributed by atoms with van der Waals surface area (Å²) in [5, 5.41) is 3.22. The predicted octanol–water partition coefficient (Wildman–Crippen LogP) is 2.41. The van der Waals surface area contributed by atoms with Crippen LogP contribution in [0.4, 0.5) is 0 Å². The van der Waals surface area contributed by atoms with Crippen LogP contribution in [0.1, 0.15) is 12.0 Å². The van der Waals surface area contributed by atoms with E-state index in [9.17, 15) is 13.2 Å². The third-order valence-electron chi connectivity index (χ3n) is 3.97. The first kappa shape index (κ1) is 19.9. The molecular formula is C14H17BrCl2N2O4S. The van der Waals surface area contributed by atoms with E-state index < -0.39 is 16.1 Å². The summed E-state index contributed by atoms with van der Waals surface area (Å²) in [5.41, 5.74) is 0.485. The van der Waals surface area contributed by atoms with Gasteiger partial charge in [-0.2, -0.15) is 4.31 Å². The Morgan fingerprint density at radius 2 is 2.12 bits per heavy atom. The van der Waals surface area contributed by atoms with Crippen LogP contribution in [0.25, 0.3) is 0 Å². The first-order valence-electron chi connectivity index (χ1n) is 7.07. The number of rotatable bonds is 5. The van der Waals surface area contributed by atoms with E-state index in [1.165, 1.54) is 26.3 Å². The fraction of sp³-hybridized carbons (Fsp3) is 0.500. The van der Waals surface area contributed by atoms with Crippen LogP contribution >= 0.6 is 39.1 Å². The zero-order valence-corrected chi connectivity index (χ0v) is 17.0. The quantitative estimate of drug-likeness (QED) is 0.686. The minimum absolute atomic E-state index is 0.0518. The van der Waals surface area contributed by atoms with Crippen LogP contribution < -0.4 is 5.32 Å². The Balaban J connectivity index is 2.51. The maximum Gasteiger partial charge on any atom is 0.245 e. The molecule has 0 radical (unpaired) electrons. The number of methoxy groups -OCH3 is 1. The van der Waals surface area contributed by atoms with Gasteiger partial charge in [0.15, 0.2) is 0 Å². The van der Waals surface area contributed by atoms with E-state index in [4.69, 9.17) is 27.9 Å². The molecule has 2 rings (SSSR count).